The number of hydrogen-bond acceptors (Lipinski definition) is 3. The Kier molecular flexibility index (Phi) is 3.77. The van der Waals surface area contributed by atoms with Crippen molar-refractivity contribution in [3.63, 3.8) is 0 Å². The number of carbonyl (C=O) groups is 1. The number of nitrogen functional groups attached to an aromatic ring is 1. The summed E-state index contributed by atoms with van der Waals surface area (Å²) in [7, 11) is 3.83. The number of anilines is 2. The van der Waals surface area contributed by atoms with E-state index in [1.165, 1.54) is 0 Å². The van der Waals surface area contributed by atoms with E-state index in [0.717, 1.165) is 5.69 Å². The maximum Gasteiger partial charge on any atom is 0.251 e. The molecule has 1 amide bonds. The first-order valence-corrected chi connectivity index (χ1v) is 5.29. The standard InChI is InChI=1S/C12H19N3O/c1-8(2)14-12(16)9-5-6-11(15(3)4)10(13)7-9/h5-8H,13H2,1-4H3,(H,14,16). The zero-order valence-electron chi connectivity index (χ0n) is 10.2. The molecule has 0 aliphatic rings. The molecule has 0 unspecified atom stereocenters. The largest absolute Gasteiger partial charge is 0.397 e. The van der Waals surface area contributed by atoms with Crippen LogP contribution in [0.15, 0.2) is 18.2 Å². The van der Waals surface area contributed by atoms with Crippen molar-refractivity contribution in [2.45, 2.75) is 19.9 Å². The summed E-state index contributed by atoms with van der Waals surface area (Å²) in [5, 5.41) is 2.83. The molecule has 4 nitrogen and oxygen atoms in total. The molecule has 88 valence electrons. The molecular weight excluding hydrogens is 202 g/mol. The van der Waals surface area contributed by atoms with Crippen LogP contribution in [-0.2, 0) is 0 Å². The Morgan fingerprint density at radius 1 is 1.38 bits per heavy atom. The minimum absolute atomic E-state index is 0.0907. The zero-order chi connectivity index (χ0) is 12.3. The molecule has 0 radical (unpaired) electrons. The van der Waals surface area contributed by atoms with Crippen molar-refractivity contribution in [2.75, 3.05) is 24.7 Å². The Labute approximate surface area is 96.4 Å². The van der Waals surface area contributed by atoms with E-state index in [1.54, 1.807) is 12.1 Å². The van der Waals surface area contributed by atoms with E-state index in [1.807, 2.05) is 38.9 Å². The molecule has 3 N–H and O–H groups in total. The van der Waals surface area contributed by atoms with Crippen LogP contribution in [0.4, 0.5) is 11.4 Å². The van der Waals surface area contributed by atoms with E-state index in [-0.39, 0.29) is 11.9 Å². The lowest BCUT2D eigenvalue weighted by molar-refractivity contribution is 0.0943. The predicted molar refractivity (Wildman–Crippen MR) is 67.8 cm³/mol. The fraction of sp³-hybridized carbons (Fsp3) is 0.417. The number of nitrogens with zero attached hydrogens (tertiary/aromatic N) is 1. The van der Waals surface area contributed by atoms with E-state index in [0.29, 0.717) is 11.3 Å². The Bertz CT molecular complexity index is 386. The minimum atomic E-state index is -0.0907. The molecule has 0 atom stereocenters. The number of nitrogens with two attached hydrogens (primary N) is 1. The van der Waals surface area contributed by atoms with Gasteiger partial charge in [0.05, 0.1) is 11.4 Å². The number of carbonyl (C=O) groups excluding carboxylic acids is 1. The van der Waals surface area contributed by atoms with Gasteiger partial charge in [0.1, 0.15) is 0 Å². The van der Waals surface area contributed by atoms with Crippen molar-refractivity contribution < 1.29 is 4.79 Å². The molecule has 4 heteroatoms. The third-order valence-electron chi connectivity index (χ3n) is 2.19. The number of benzene rings is 1. The SMILES string of the molecule is CC(C)NC(=O)c1ccc(N(C)C)c(N)c1. The van der Waals surface area contributed by atoms with Gasteiger partial charge < -0.3 is 16.0 Å². The van der Waals surface area contributed by atoms with Crippen molar-refractivity contribution >= 4 is 17.3 Å². The fourth-order valence-corrected chi connectivity index (χ4v) is 1.45. The highest BCUT2D eigenvalue weighted by atomic mass is 16.1. The van der Waals surface area contributed by atoms with Crippen LogP contribution >= 0.6 is 0 Å². The summed E-state index contributed by atoms with van der Waals surface area (Å²) < 4.78 is 0. The van der Waals surface area contributed by atoms with Crippen LogP contribution in [0.3, 0.4) is 0 Å². The second kappa shape index (κ2) is 4.88. The molecule has 0 saturated heterocycles. The Hall–Kier alpha value is -1.71. The molecule has 1 rings (SSSR count). The van der Waals surface area contributed by atoms with Crippen LogP contribution < -0.4 is 16.0 Å². The zero-order valence-corrected chi connectivity index (χ0v) is 10.2. The van der Waals surface area contributed by atoms with Crippen LogP contribution in [0, 0.1) is 0 Å². The van der Waals surface area contributed by atoms with E-state index in [9.17, 15) is 4.79 Å². The van der Waals surface area contributed by atoms with Gasteiger partial charge in [-0.2, -0.15) is 0 Å². The molecular formula is C12H19N3O. The minimum Gasteiger partial charge on any atom is -0.397 e. The molecule has 0 saturated carbocycles. The van der Waals surface area contributed by atoms with E-state index in [2.05, 4.69) is 5.32 Å². The lowest BCUT2D eigenvalue weighted by Crippen LogP contribution is -2.30. The molecule has 0 aliphatic heterocycles. The van der Waals surface area contributed by atoms with Gasteiger partial charge in [-0.25, -0.2) is 0 Å². The van der Waals surface area contributed by atoms with Crippen molar-refractivity contribution in [1.29, 1.82) is 0 Å². The quantitative estimate of drug-likeness (QED) is 0.760. The first kappa shape index (κ1) is 12.4. The van der Waals surface area contributed by atoms with Crippen molar-refractivity contribution in [2.24, 2.45) is 0 Å². The van der Waals surface area contributed by atoms with Gasteiger partial charge in [-0.15, -0.1) is 0 Å². The molecule has 1 aromatic rings. The van der Waals surface area contributed by atoms with Gasteiger partial charge in [-0.3, -0.25) is 4.79 Å². The summed E-state index contributed by atoms with van der Waals surface area (Å²) in [5.41, 5.74) is 7.99. The molecule has 0 aliphatic carbocycles. The maximum atomic E-state index is 11.7. The Balaban J connectivity index is 2.93. The topological polar surface area (TPSA) is 58.4 Å². The molecule has 0 bridgehead atoms. The average Bonchev–Trinajstić information content (AvgIpc) is 2.15. The van der Waals surface area contributed by atoms with Crippen molar-refractivity contribution in [3.05, 3.63) is 23.8 Å². The Morgan fingerprint density at radius 2 is 2.00 bits per heavy atom. The summed E-state index contributed by atoms with van der Waals surface area (Å²) in [5.74, 6) is -0.0907. The molecule has 0 heterocycles. The highest BCUT2D eigenvalue weighted by Crippen LogP contribution is 2.22. The monoisotopic (exact) mass is 221 g/mol. The van der Waals surface area contributed by atoms with Gasteiger partial charge >= 0.3 is 0 Å². The smallest absolute Gasteiger partial charge is 0.251 e. The summed E-state index contributed by atoms with van der Waals surface area (Å²) in [6.45, 7) is 3.85. The fourth-order valence-electron chi connectivity index (χ4n) is 1.45. The number of rotatable bonds is 3. The number of hydrogen-bond donors (Lipinski definition) is 2. The van der Waals surface area contributed by atoms with Crippen LogP contribution in [0.1, 0.15) is 24.2 Å². The Morgan fingerprint density at radius 3 is 2.44 bits per heavy atom. The third-order valence-corrected chi connectivity index (χ3v) is 2.19. The maximum absolute atomic E-state index is 11.7. The molecule has 1 aromatic carbocycles. The van der Waals surface area contributed by atoms with E-state index >= 15 is 0 Å². The van der Waals surface area contributed by atoms with Crippen LogP contribution in [0.5, 0.6) is 0 Å². The van der Waals surface area contributed by atoms with Gasteiger partial charge in [-0.05, 0) is 32.0 Å². The van der Waals surface area contributed by atoms with Gasteiger partial charge in [0.15, 0.2) is 0 Å². The van der Waals surface area contributed by atoms with Crippen molar-refractivity contribution in [1.82, 2.24) is 5.32 Å². The number of amides is 1. The van der Waals surface area contributed by atoms with E-state index in [4.69, 9.17) is 5.73 Å². The third kappa shape index (κ3) is 2.89. The van der Waals surface area contributed by atoms with Crippen LogP contribution in [0.25, 0.3) is 0 Å². The van der Waals surface area contributed by atoms with Gasteiger partial charge in [0.2, 0.25) is 0 Å². The predicted octanol–water partition coefficient (Wildman–Crippen LogP) is 1.47. The molecule has 0 spiro atoms. The van der Waals surface area contributed by atoms with Crippen LogP contribution in [-0.4, -0.2) is 26.0 Å². The highest BCUT2D eigenvalue weighted by Gasteiger charge is 2.09. The highest BCUT2D eigenvalue weighted by molar-refractivity contribution is 5.96. The first-order chi connectivity index (χ1) is 7.41. The number of nitrogens with one attached hydrogen (secondary N) is 1. The molecule has 16 heavy (non-hydrogen) atoms. The van der Waals surface area contributed by atoms with E-state index < -0.39 is 0 Å². The lowest BCUT2D eigenvalue weighted by Gasteiger charge is -2.16. The normalized spacial score (nSPS) is 10.3. The first-order valence-electron chi connectivity index (χ1n) is 5.29. The summed E-state index contributed by atoms with van der Waals surface area (Å²) in [6, 6.07) is 5.46. The second-order valence-electron chi connectivity index (χ2n) is 4.30. The average molecular weight is 221 g/mol. The summed E-state index contributed by atoms with van der Waals surface area (Å²) >= 11 is 0. The second-order valence-corrected chi connectivity index (χ2v) is 4.30. The molecule has 0 fully saturated rings. The lowest BCUT2D eigenvalue weighted by atomic mass is 10.1. The molecule has 0 aromatic heterocycles. The van der Waals surface area contributed by atoms with Gasteiger partial charge in [-0.1, -0.05) is 0 Å². The summed E-state index contributed by atoms with van der Waals surface area (Å²) in [6.07, 6.45) is 0. The van der Waals surface area contributed by atoms with Crippen LogP contribution in [0.2, 0.25) is 0 Å². The summed E-state index contributed by atoms with van der Waals surface area (Å²) in [4.78, 5) is 13.6. The van der Waals surface area contributed by atoms with Crippen molar-refractivity contribution in [3.8, 4) is 0 Å². The van der Waals surface area contributed by atoms with Gasteiger partial charge in [0, 0.05) is 25.7 Å². The van der Waals surface area contributed by atoms with Gasteiger partial charge in [0.25, 0.3) is 5.91 Å².